The van der Waals surface area contributed by atoms with Gasteiger partial charge in [0.25, 0.3) is 0 Å². The predicted molar refractivity (Wildman–Crippen MR) is 69.0 cm³/mol. The number of ether oxygens (including phenoxy) is 1. The zero-order valence-corrected chi connectivity index (χ0v) is 11.5. The Morgan fingerprint density at radius 2 is 2.06 bits per heavy atom. The zero-order valence-electron chi connectivity index (χ0n) is 10.7. The SMILES string of the molecule is COC(=O)c1nc(C(C)C)c(NC(C)=O)cc1Cl. The third-order valence-electron chi connectivity index (χ3n) is 2.24. The molecule has 1 rings (SSSR count). The molecule has 1 heterocycles. The van der Waals surface area contributed by atoms with Crippen LogP contribution < -0.4 is 5.32 Å². The third-order valence-corrected chi connectivity index (χ3v) is 2.53. The first-order valence-electron chi connectivity index (χ1n) is 5.43. The van der Waals surface area contributed by atoms with Crippen molar-refractivity contribution >= 4 is 29.2 Å². The molecule has 5 nitrogen and oxygen atoms in total. The second kappa shape index (κ2) is 5.82. The maximum atomic E-state index is 11.5. The quantitative estimate of drug-likeness (QED) is 0.857. The van der Waals surface area contributed by atoms with Crippen LogP contribution >= 0.6 is 11.6 Å². The smallest absolute Gasteiger partial charge is 0.358 e. The van der Waals surface area contributed by atoms with E-state index in [1.165, 1.54) is 20.1 Å². The van der Waals surface area contributed by atoms with Gasteiger partial charge in [-0.05, 0) is 12.0 Å². The minimum absolute atomic E-state index is 0.0347. The summed E-state index contributed by atoms with van der Waals surface area (Å²) in [5, 5.41) is 2.79. The number of nitrogens with one attached hydrogen (secondary N) is 1. The van der Waals surface area contributed by atoms with Crippen LogP contribution in [0.2, 0.25) is 5.02 Å². The number of hydrogen-bond acceptors (Lipinski definition) is 4. The number of pyridine rings is 1. The van der Waals surface area contributed by atoms with Crippen LogP contribution in [0.25, 0.3) is 0 Å². The number of nitrogens with zero attached hydrogens (tertiary/aromatic N) is 1. The van der Waals surface area contributed by atoms with Gasteiger partial charge in [0, 0.05) is 6.92 Å². The molecule has 0 bridgehead atoms. The Balaban J connectivity index is 3.34. The van der Waals surface area contributed by atoms with Gasteiger partial charge in [0.2, 0.25) is 5.91 Å². The summed E-state index contributed by atoms with van der Waals surface area (Å²) in [7, 11) is 1.26. The number of esters is 1. The maximum Gasteiger partial charge on any atom is 0.358 e. The van der Waals surface area contributed by atoms with E-state index < -0.39 is 5.97 Å². The first-order chi connectivity index (χ1) is 8.36. The Bertz CT molecular complexity index is 486. The van der Waals surface area contributed by atoms with E-state index in [0.29, 0.717) is 11.4 Å². The summed E-state index contributed by atoms with van der Waals surface area (Å²) >= 11 is 5.95. The molecule has 0 unspecified atom stereocenters. The molecular weight excluding hydrogens is 256 g/mol. The number of anilines is 1. The van der Waals surface area contributed by atoms with Gasteiger partial charge in [-0.15, -0.1) is 0 Å². The number of carbonyl (C=O) groups excluding carboxylic acids is 2. The molecule has 0 aliphatic rings. The van der Waals surface area contributed by atoms with E-state index in [1.807, 2.05) is 13.8 Å². The van der Waals surface area contributed by atoms with Crippen LogP contribution in [0.1, 0.15) is 42.9 Å². The summed E-state index contributed by atoms with van der Waals surface area (Å²) in [6.07, 6.45) is 0. The van der Waals surface area contributed by atoms with Gasteiger partial charge in [-0.3, -0.25) is 4.79 Å². The molecule has 0 saturated carbocycles. The summed E-state index contributed by atoms with van der Waals surface area (Å²) in [6.45, 7) is 5.21. The van der Waals surface area contributed by atoms with Crippen molar-refractivity contribution in [1.29, 1.82) is 0 Å². The van der Waals surface area contributed by atoms with Crippen molar-refractivity contribution in [3.8, 4) is 0 Å². The number of amides is 1. The van der Waals surface area contributed by atoms with E-state index in [2.05, 4.69) is 15.0 Å². The van der Waals surface area contributed by atoms with Gasteiger partial charge in [0.05, 0.1) is 23.5 Å². The summed E-state index contributed by atoms with van der Waals surface area (Å²) in [5.41, 5.74) is 1.15. The van der Waals surface area contributed by atoms with Crippen LogP contribution in [-0.4, -0.2) is 24.0 Å². The first kappa shape index (κ1) is 14.4. The van der Waals surface area contributed by atoms with Gasteiger partial charge in [-0.25, -0.2) is 9.78 Å². The highest BCUT2D eigenvalue weighted by molar-refractivity contribution is 6.33. The Morgan fingerprint density at radius 1 is 1.44 bits per heavy atom. The minimum Gasteiger partial charge on any atom is -0.464 e. The van der Waals surface area contributed by atoms with Crippen LogP contribution in [0.4, 0.5) is 5.69 Å². The van der Waals surface area contributed by atoms with Crippen LogP contribution in [0.3, 0.4) is 0 Å². The number of aromatic nitrogens is 1. The molecule has 0 spiro atoms. The number of hydrogen-bond donors (Lipinski definition) is 1. The topological polar surface area (TPSA) is 68.3 Å². The van der Waals surface area contributed by atoms with Crippen molar-refractivity contribution in [3.63, 3.8) is 0 Å². The van der Waals surface area contributed by atoms with Gasteiger partial charge in [-0.2, -0.15) is 0 Å². The lowest BCUT2D eigenvalue weighted by Crippen LogP contribution is -2.14. The molecule has 0 radical (unpaired) electrons. The monoisotopic (exact) mass is 270 g/mol. The molecule has 6 heteroatoms. The van der Waals surface area contributed by atoms with Crippen molar-refractivity contribution in [2.45, 2.75) is 26.7 Å². The van der Waals surface area contributed by atoms with E-state index >= 15 is 0 Å². The molecule has 1 aromatic rings. The number of halogens is 1. The molecule has 0 aliphatic carbocycles. The summed E-state index contributed by atoms with van der Waals surface area (Å²) in [4.78, 5) is 26.8. The fourth-order valence-electron chi connectivity index (χ4n) is 1.47. The molecule has 1 N–H and O–H groups in total. The molecule has 0 fully saturated rings. The van der Waals surface area contributed by atoms with Gasteiger partial charge in [0.15, 0.2) is 5.69 Å². The van der Waals surface area contributed by atoms with E-state index in [0.717, 1.165) is 0 Å². The van der Waals surface area contributed by atoms with Gasteiger partial charge in [-0.1, -0.05) is 25.4 Å². The lowest BCUT2D eigenvalue weighted by atomic mass is 10.1. The minimum atomic E-state index is -0.601. The predicted octanol–water partition coefficient (Wildman–Crippen LogP) is 2.60. The summed E-state index contributed by atoms with van der Waals surface area (Å²) in [5.74, 6) is -0.788. The Morgan fingerprint density at radius 3 is 2.50 bits per heavy atom. The number of rotatable bonds is 3. The molecule has 0 aromatic carbocycles. The highest BCUT2D eigenvalue weighted by atomic mass is 35.5. The van der Waals surface area contributed by atoms with E-state index in [-0.39, 0.29) is 22.5 Å². The van der Waals surface area contributed by atoms with Crippen LogP contribution in [0.15, 0.2) is 6.07 Å². The third kappa shape index (κ3) is 3.20. The fourth-order valence-corrected chi connectivity index (χ4v) is 1.70. The van der Waals surface area contributed by atoms with Crippen LogP contribution in [0.5, 0.6) is 0 Å². The highest BCUT2D eigenvalue weighted by Crippen LogP contribution is 2.28. The van der Waals surface area contributed by atoms with Crippen molar-refractivity contribution in [2.75, 3.05) is 12.4 Å². The van der Waals surface area contributed by atoms with Gasteiger partial charge in [0.1, 0.15) is 0 Å². The van der Waals surface area contributed by atoms with E-state index in [9.17, 15) is 9.59 Å². The average Bonchev–Trinajstić information content (AvgIpc) is 2.27. The molecule has 98 valence electrons. The Hall–Kier alpha value is -1.62. The highest BCUT2D eigenvalue weighted by Gasteiger charge is 2.19. The molecule has 18 heavy (non-hydrogen) atoms. The number of carbonyl (C=O) groups is 2. The van der Waals surface area contributed by atoms with Crippen molar-refractivity contribution in [1.82, 2.24) is 4.98 Å². The van der Waals surface area contributed by atoms with Crippen LogP contribution in [-0.2, 0) is 9.53 Å². The first-order valence-corrected chi connectivity index (χ1v) is 5.81. The standard InChI is InChI=1S/C12H15ClN2O3/c1-6(2)10-9(14-7(3)16)5-8(13)11(15-10)12(17)18-4/h5-6H,1-4H3,(H,14,16). The van der Waals surface area contributed by atoms with Crippen molar-refractivity contribution in [2.24, 2.45) is 0 Å². The number of methoxy groups -OCH3 is 1. The molecule has 0 saturated heterocycles. The normalized spacial score (nSPS) is 10.3. The molecular formula is C12H15ClN2O3. The second-order valence-corrected chi connectivity index (χ2v) is 4.49. The maximum absolute atomic E-state index is 11.5. The lowest BCUT2D eigenvalue weighted by molar-refractivity contribution is -0.114. The zero-order chi connectivity index (χ0) is 13.9. The fraction of sp³-hybridized carbons (Fsp3) is 0.417. The van der Waals surface area contributed by atoms with Gasteiger partial charge < -0.3 is 10.1 Å². The second-order valence-electron chi connectivity index (χ2n) is 4.08. The van der Waals surface area contributed by atoms with E-state index in [1.54, 1.807) is 0 Å². The Kier molecular flexibility index (Phi) is 4.67. The lowest BCUT2D eigenvalue weighted by Gasteiger charge is -2.14. The summed E-state index contributed by atoms with van der Waals surface area (Å²) < 4.78 is 4.60. The largest absolute Gasteiger partial charge is 0.464 e. The average molecular weight is 271 g/mol. The van der Waals surface area contributed by atoms with Crippen molar-refractivity contribution < 1.29 is 14.3 Å². The molecule has 0 aliphatic heterocycles. The molecule has 1 aromatic heterocycles. The van der Waals surface area contributed by atoms with Gasteiger partial charge >= 0.3 is 5.97 Å². The summed E-state index contributed by atoms with van der Waals surface area (Å²) in [6, 6.07) is 1.51. The van der Waals surface area contributed by atoms with E-state index in [4.69, 9.17) is 11.6 Å². The van der Waals surface area contributed by atoms with Crippen LogP contribution in [0, 0.1) is 0 Å². The van der Waals surface area contributed by atoms with Crippen molar-refractivity contribution in [3.05, 3.63) is 22.5 Å². The Labute approximate surface area is 110 Å². The molecule has 1 amide bonds. The molecule has 0 atom stereocenters.